The van der Waals surface area contributed by atoms with Gasteiger partial charge in [0.1, 0.15) is 17.1 Å². The van der Waals surface area contributed by atoms with Gasteiger partial charge in [0.25, 0.3) is 11.5 Å². The van der Waals surface area contributed by atoms with Gasteiger partial charge >= 0.3 is 0 Å². The molecule has 2 N–H and O–H groups in total. The molecule has 2 aromatic heterocycles. The van der Waals surface area contributed by atoms with Gasteiger partial charge in [0.2, 0.25) is 5.91 Å². The zero-order chi connectivity index (χ0) is 21.8. The summed E-state index contributed by atoms with van der Waals surface area (Å²) in [5.74, 6) is 0.252. The lowest BCUT2D eigenvalue weighted by molar-refractivity contribution is -0.121. The number of hydrogen-bond acceptors (Lipinski definition) is 6. The molecule has 0 unspecified atom stereocenters. The first-order chi connectivity index (χ1) is 14.3. The van der Waals surface area contributed by atoms with Crippen molar-refractivity contribution in [1.29, 1.82) is 0 Å². The maximum Gasteiger partial charge on any atom is 0.266 e. The molecule has 2 amide bonds. The number of nitrogens with one attached hydrogen (secondary N) is 2. The minimum atomic E-state index is -0.347. The van der Waals surface area contributed by atoms with Gasteiger partial charge in [-0.3, -0.25) is 19.0 Å². The fourth-order valence-electron chi connectivity index (χ4n) is 2.94. The SMILES string of the molecule is COc1ccccc1NC(=O)c1sc2ncn(CC(=O)NCC(C)C)c(=O)c2c1C. The van der Waals surface area contributed by atoms with Crippen LogP contribution >= 0.6 is 11.3 Å². The second-order valence-electron chi connectivity index (χ2n) is 7.27. The zero-order valence-corrected chi connectivity index (χ0v) is 18.1. The van der Waals surface area contributed by atoms with Gasteiger partial charge in [-0.05, 0) is 30.5 Å². The molecular weight excluding hydrogens is 404 g/mol. The van der Waals surface area contributed by atoms with Crippen LogP contribution in [-0.2, 0) is 11.3 Å². The summed E-state index contributed by atoms with van der Waals surface area (Å²) in [6.07, 6.45) is 1.34. The monoisotopic (exact) mass is 428 g/mol. The van der Waals surface area contributed by atoms with Crippen LogP contribution in [0, 0.1) is 12.8 Å². The van der Waals surface area contributed by atoms with E-state index >= 15 is 0 Å². The molecule has 3 aromatic rings. The molecule has 1 aromatic carbocycles. The number of carbonyl (C=O) groups excluding carboxylic acids is 2. The van der Waals surface area contributed by atoms with E-state index in [1.165, 1.54) is 18.0 Å². The Bertz CT molecular complexity index is 1150. The van der Waals surface area contributed by atoms with E-state index in [0.717, 1.165) is 11.3 Å². The summed E-state index contributed by atoms with van der Waals surface area (Å²) in [5, 5.41) is 5.95. The fraction of sp³-hybridized carbons (Fsp3) is 0.333. The van der Waals surface area contributed by atoms with E-state index in [2.05, 4.69) is 15.6 Å². The molecule has 0 radical (unpaired) electrons. The number of benzene rings is 1. The van der Waals surface area contributed by atoms with Crippen LogP contribution in [0.15, 0.2) is 35.4 Å². The molecule has 0 fully saturated rings. The average Bonchev–Trinajstić information content (AvgIpc) is 3.06. The van der Waals surface area contributed by atoms with Gasteiger partial charge in [-0.25, -0.2) is 4.98 Å². The predicted molar refractivity (Wildman–Crippen MR) is 117 cm³/mol. The zero-order valence-electron chi connectivity index (χ0n) is 17.3. The molecular formula is C21H24N4O4S. The second kappa shape index (κ2) is 9.08. The third kappa shape index (κ3) is 4.51. The number of thiophene rings is 1. The molecule has 8 nitrogen and oxygen atoms in total. The van der Waals surface area contributed by atoms with Crippen LogP contribution in [0.2, 0.25) is 0 Å². The summed E-state index contributed by atoms with van der Waals surface area (Å²) in [4.78, 5) is 43.0. The number of methoxy groups -OCH3 is 1. The number of rotatable bonds is 7. The highest BCUT2D eigenvalue weighted by atomic mass is 32.1. The van der Waals surface area contributed by atoms with Crippen LogP contribution in [0.3, 0.4) is 0 Å². The Balaban J connectivity index is 1.88. The molecule has 0 aliphatic heterocycles. The first kappa shape index (κ1) is 21.5. The summed E-state index contributed by atoms with van der Waals surface area (Å²) in [6, 6.07) is 7.09. The van der Waals surface area contributed by atoms with Crippen LogP contribution in [0.5, 0.6) is 5.75 Å². The van der Waals surface area contributed by atoms with Crippen molar-refractivity contribution in [1.82, 2.24) is 14.9 Å². The van der Waals surface area contributed by atoms with Crippen LogP contribution in [0.25, 0.3) is 10.2 Å². The van der Waals surface area contributed by atoms with Crippen molar-refractivity contribution in [2.75, 3.05) is 19.0 Å². The molecule has 0 saturated heterocycles. The number of para-hydroxylation sites is 2. The van der Waals surface area contributed by atoms with E-state index in [1.54, 1.807) is 25.1 Å². The number of ether oxygens (including phenoxy) is 1. The Hall–Kier alpha value is -3.20. The Morgan fingerprint density at radius 2 is 2.00 bits per heavy atom. The lowest BCUT2D eigenvalue weighted by atomic mass is 10.2. The molecule has 9 heteroatoms. The smallest absolute Gasteiger partial charge is 0.266 e. The molecule has 2 heterocycles. The predicted octanol–water partition coefficient (Wildman–Crippen LogP) is 2.80. The summed E-state index contributed by atoms with van der Waals surface area (Å²) < 4.78 is 6.53. The number of amides is 2. The number of nitrogens with zero attached hydrogens (tertiary/aromatic N) is 2. The minimum Gasteiger partial charge on any atom is -0.495 e. The van der Waals surface area contributed by atoms with Gasteiger partial charge in [-0.15, -0.1) is 11.3 Å². The van der Waals surface area contributed by atoms with E-state index in [9.17, 15) is 14.4 Å². The number of fused-ring (bicyclic) bond motifs is 1. The van der Waals surface area contributed by atoms with Crippen molar-refractivity contribution < 1.29 is 14.3 Å². The van der Waals surface area contributed by atoms with Crippen molar-refractivity contribution in [3.63, 3.8) is 0 Å². The molecule has 0 saturated carbocycles. The molecule has 0 aliphatic rings. The third-order valence-corrected chi connectivity index (χ3v) is 5.70. The summed E-state index contributed by atoms with van der Waals surface area (Å²) in [5.41, 5.74) is 0.732. The maximum atomic E-state index is 12.9. The van der Waals surface area contributed by atoms with Crippen molar-refractivity contribution in [3.05, 3.63) is 51.4 Å². The van der Waals surface area contributed by atoms with Gasteiger partial charge in [0.15, 0.2) is 0 Å². The van der Waals surface area contributed by atoms with Crippen molar-refractivity contribution >= 4 is 39.1 Å². The molecule has 158 valence electrons. The van der Waals surface area contributed by atoms with E-state index in [4.69, 9.17) is 4.74 Å². The normalized spacial score (nSPS) is 11.0. The molecule has 0 bridgehead atoms. The van der Waals surface area contributed by atoms with Crippen LogP contribution in [0.4, 0.5) is 5.69 Å². The highest BCUT2D eigenvalue weighted by molar-refractivity contribution is 7.20. The molecule has 3 rings (SSSR count). The first-order valence-electron chi connectivity index (χ1n) is 9.51. The Morgan fingerprint density at radius 1 is 1.27 bits per heavy atom. The standard InChI is InChI=1S/C21H24N4O4S/c1-12(2)9-22-16(26)10-25-11-23-20-17(21(25)28)13(3)18(30-20)19(27)24-14-7-5-6-8-15(14)29-4/h5-8,11-12H,9-10H2,1-4H3,(H,22,26)(H,24,27). The van der Waals surface area contributed by atoms with Gasteiger partial charge < -0.3 is 15.4 Å². The van der Waals surface area contributed by atoms with Gasteiger partial charge in [0, 0.05) is 6.54 Å². The number of carbonyl (C=O) groups is 2. The van der Waals surface area contributed by atoms with Gasteiger partial charge in [-0.1, -0.05) is 26.0 Å². The van der Waals surface area contributed by atoms with Crippen LogP contribution < -0.4 is 20.9 Å². The Labute approximate surface area is 177 Å². The molecule has 0 atom stereocenters. The van der Waals surface area contributed by atoms with E-state index < -0.39 is 0 Å². The quantitative estimate of drug-likeness (QED) is 0.602. The second-order valence-corrected chi connectivity index (χ2v) is 8.27. The molecule has 30 heavy (non-hydrogen) atoms. The highest BCUT2D eigenvalue weighted by Crippen LogP contribution is 2.29. The topological polar surface area (TPSA) is 102 Å². The van der Waals surface area contributed by atoms with Crippen LogP contribution in [0.1, 0.15) is 29.1 Å². The highest BCUT2D eigenvalue weighted by Gasteiger charge is 2.21. The van der Waals surface area contributed by atoms with E-state index in [1.807, 2.05) is 19.9 Å². The minimum absolute atomic E-state index is 0.119. The Kier molecular flexibility index (Phi) is 6.51. The summed E-state index contributed by atoms with van der Waals surface area (Å²) >= 11 is 1.14. The first-order valence-corrected chi connectivity index (χ1v) is 10.3. The number of aryl methyl sites for hydroxylation is 1. The van der Waals surface area contributed by atoms with E-state index in [-0.39, 0.29) is 23.9 Å². The third-order valence-electron chi connectivity index (χ3n) is 4.50. The van der Waals surface area contributed by atoms with Gasteiger partial charge in [-0.2, -0.15) is 0 Å². The van der Waals surface area contributed by atoms with Crippen molar-refractivity contribution in [2.45, 2.75) is 27.3 Å². The van der Waals surface area contributed by atoms with Crippen molar-refractivity contribution in [2.24, 2.45) is 5.92 Å². The Morgan fingerprint density at radius 3 is 2.70 bits per heavy atom. The number of aromatic nitrogens is 2. The largest absolute Gasteiger partial charge is 0.495 e. The average molecular weight is 429 g/mol. The lowest BCUT2D eigenvalue weighted by Crippen LogP contribution is -2.34. The molecule has 0 spiro atoms. The fourth-order valence-corrected chi connectivity index (χ4v) is 3.98. The summed E-state index contributed by atoms with van der Waals surface area (Å²) in [7, 11) is 1.53. The van der Waals surface area contributed by atoms with Crippen LogP contribution in [-0.4, -0.2) is 35.0 Å². The maximum absolute atomic E-state index is 12.9. The van der Waals surface area contributed by atoms with Crippen molar-refractivity contribution in [3.8, 4) is 5.75 Å². The summed E-state index contributed by atoms with van der Waals surface area (Å²) in [6.45, 7) is 6.11. The lowest BCUT2D eigenvalue weighted by Gasteiger charge is -2.09. The molecule has 0 aliphatic carbocycles. The number of anilines is 1. The number of hydrogen-bond donors (Lipinski definition) is 2. The van der Waals surface area contributed by atoms with Gasteiger partial charge in [0.05, 0.1) is 29.4 Å². The van der Waals surface area contributed by atoms with E-state index in [0.29, 0.717) is 44.6 Å².